The number of ether oxygens (including phenoxy) is 2. The lowest BCUT2D eigenvalue weighted by Gasteiger charge is -2.28. The third-order valence-electron chi connectivity index (χ3n) is 4.14. The van der Waals surface area contributed by atoms with Crippen LogP contribution >= 0.6 is 0 Å². The van der Waals surface area contributed by atoms with E-state index < -0.39 is 5.60 Å². The van der Waals surface area contributed by atoms with Crippen molar-refractivity contribution in [2.75, 3.05) is 39.3 Å². The molecule has 2 rings (SSSR count). The van der Waals surface area contributed by atoms with E-state index in [1.807, 2.05) is 20.8 Å². The molecule has 0 radical (unpaired) electrons. The maximum Gasteiger partial charge on any atom is 0.410 e. The molecule has 2 aliphatic rings. The van der Waals surface area contributed by atoms with Crippen molar-refractivity contribution in [2.45, 2.75) is 58.2 Å². The van der Waals surface area contributed by atoms with E-state index in [0.717, 1.165) is 26.1 Å². The van der Waals surface area contributed by atoms with Crippen molar-refractivity contribution in [3.8, 4) is 0 Å². The van der Waals surface area contributed by atoms with Crippen molar-refractivity contribution in [2.24, 2.45) is 0 Å². The van der Waals surface area contributed by atoms with Crippen LogP contribution in [0.5, 0.6) is 0 Å². The Hall–Kier alpha value is -0.810. The fourth-order valence-corrected chi connectivity index (χ4v) is 2.96. The Morgan fingerprint density at radius 2 is 1.86 bits per heavy atom. The third-order valence-corrected chi connectivity index (χ3v) is 4.14. The molecule has 1 amide bonds. The molecule has 0 saturated carbocycles. The van der Waals surface area contributed by atoms with Crippen LogP contribution in [0.3, 0.4) is 0 Å². The number of carbonyl (C=O) groups excluding carboxylic acids is 1. The normalized spacial score (nSPS) is 27.3. The average molecular weight is 298 g/mol. The smallest absolute Gasteiger partial charge is 0.410 e. The van der Waals surface area contributed by atoms with E-state index >= 15 is 0 Å². The predicted molar refractivity (Wildman–Crippen MR) is 82.5 cm³/mol. The highest BCUT2D eigenvalue weighted by atomic mass is 16.6. The van der Waals surface area contributed by atoms with Crippen molar-refractivity contribution in [1.82, 2.24) is 9.80 Å². The molecule has 2 heterocycles. The van der Waals surface area contributed by atoms with Gasteiger partial charge in [-0.2, -0.15) is 0 Å². The molecule has 2 saturated heterocycles. The van der Waals surface area contributed by atoms with Gasteiger partial charge in [-0.25, -0.2) is 4.79 Å². The van der Waals surface area contributed by atoms with E-state index in [4.69, 9.17) is 9.47 Å². The lowest BCUT2D eigenvalue weighted by molar-refractivity contribution is -0.0330. The second kappa shape index (κ2) is 6.53. The molecule has 122 valence electrons. The monoisotopic (exact) mass is 298 g/mol. The minimum absolute atomic E-state index is 0.226. The van der Waals surface area contributed by atoms with Gasteiger partial charge in [-0.1, -0.05) is 0 Å². The van der Waals surface area contributed by atoms with Crippen molar-refractivity contribution in [3.05, 3.63) is 0 Å². The molecule has 0 aromatic rings. The quantitative estimate of drug-likeness (QED) is 0.800. The molecule has 5 heteroatoms. The zero-order chi connectivity index (χ0) is 15.5. The molecule has 1 atom stereocenters. The topological polar surface area (TPSA) is 42.0 Å². The van der Waals surface area contributed by atoms with Crippen LogP contribution in [0.4, 0.5) is 4.79 Å². The van der Waals surface area contributed by atoms with Crippen LogP contribution in [0, 0.1) is 0 Å². The van der Waals surface area contributed by atoms with E-state index in [9.17, 15) is 4.79 Å². The number of nitrogens with zero attached hydrogens (tertiary/aromatic N) is 2. The number of likely N-dealkylation sites (tertiary alicyclic amines) is 2. The van der Waals surface area contributed by atoms with E-state index in [2.05, 4.69) is 11.8 Å². The molecule has 0 spiro atoms. The zero-order valence-electron chi connectivity index (χ0n) is 14.0. The Morgan fingerprint density at radius 3 is 2.48 bits per heavy atom. The molecule has 0 aromatic heterocycles. The molecular formula is C16H30N2O3. The molecule has 0 aromatic carbocycles. The summed E-state index contributed by atoms with van der Waals surface area (Å²) in [5, 5.41) is 0. The maximum atomic E-state index is 12.1. The average Bonchev–Trinajstić information content (AvgIpc) is 2.97. The zero-order valence-corrected chi connectivity index (χ0v) is 14.0. The highest BCUT2D eigenvalue weighted by Gasteiger charge is 2.38. The number of hydrogen-bond acceptors (Lipinski definition) is 4. The summed E-state index contributed by atoms with van der Waals surface area (Å²) in [5.74, 6) is 0. The van der Waals surface area contributed by atoms with Crippen LogP contribution in [0.25, 0.3) is 0 Å². The van der Waals surface area contributed by atoms with Gasteiger partial charge in [0.1, 0.15) is 5.60 Å². The van der Waals surface area contributed by atoms with E-state index in [-0.39, 0.29) is 11.7 Å². The van der Waals surface area contributed by atoms with E-state index in [0.29, 0.717) is 6.54 Å². The number of hydrogen-bond donors (Lipinski definition) is 0. The van der Waals surface area contributed by atoms with Gasteiger partial charge < -0.3 is 19.3 Å². The number of amides is 1. The summed E-state index contributed by atoms with van der Waals surface area (Å²) >= 11 is 0. The molecule has 0 aliphatic carbocycles. The van der Waals surface area contributed by atoms with Gasteiger partial charge in [0.05, 0.1) is 18.8 Å². The summed E-state index contributed by atoms with van der Waals surface area (Å²) in [6.07, 6.45) is 3.27. The fraction of sp³-hybridized carbons (Fsp3) is 0.938. The van der Waals surface area contributed by atoms with Crippen LogP contribution < -0.4 is 0 Å². The molecule has 5 nitrogen and oxygen atoms in total. The van der Waals surface area contributed by atoms with Gasteiger partial charge in [-0.15, -0.1) is 0 Å². The second-order valence-corrected chi connectivity index (χ2v) is 7.50. The lowest BCUT2D eigenvalue weighted by atomic mass is 10.1. The molecule has 1 unspecified atom stereocenters. The summed E-state index contributed by atoms with van der Waals surface area (Å²) in [4.78, 5) is 16.3. The maximum absolute atomic E-state index is 12.1. The van der Waals surface area contributed by atoms with E-state index in [1.165, 1.54) is 25.9 Å². The van der Waals surface area contributed by atoms with Gasteiger partial charge in [0, 0.05) is 13.1 Å². The first kappa shape index (κ1) is 16.6. The minimum Gasteiger partial charge on any atom is -0.444 e. The summed E-state index contributed by atoms with van der Waals surface area (Å²) in [7, 11) is 0. The van der Waals surface area contributed by atoms with Crippen LogP contribution in [0.15, 0.2) is 0 Å². The number of carbonyl (C=O) groups is 1. The van der Waals surface area contributed by atoms with Crippen LogP contribution in [0.2, 0.25) is 0 Å². The predicted octanol–water partition coefficient (Wildman–Crippen LogP) is 2.50. The molecule has 0 N–H and O–H groups in total. The largest absolute Gasteiger partial charge is 0.444 e. The molecular weight excluding hydrogens is 268 g/mol. The first-order valence-electron chi connectivity index (χ1n) is 8.12. The van der Waals surface area contributed by atoms with Crippen LogP contribution in [-0.4, -0.2) is 66.4 Å². The summed E-state index contributed by atoms with van der Waals surface area (Å²) in [5.41, 5.74) is -0.663. The number of rotatable bonds is 4. The summed E-state index contributed by atoms with van der Waals surface area (Å²) < 4.78 is 11.5. The fourth-order valence-electron chi connectivity index (χ4n) is 2.96. The first-order chi connectivity index (χ1) is 9.77. The van der Waals surface area contributed by atoms with Gasteiger partial charge in [0.2, 0.25) is 0 Å². The highest BCUT2D eigenvalue weighted by molar-refractivity contribution is 5.68. The molecule has 2 aliphatic heterocycles. The highest BCUT2D eigenvalue weighted by Crippen LogP contribution is 2.26. The van der Waals surface area contributed by atoms with Crippen LogP contribution in [0.1, 0.15) is 47.0 Å². The SMILES string of the molecule is CC(C)(C)OC(=O)N1CCC(C)(OCCN2CCCC2)C1. The first-order valence-corrected chi connectivity index (χ1v) is 8.12. The van der Waals surface area contributed by atoms with Gasteiger partial charge >= 0.3 is 6.09 Å². The lowest BCUT2D eigenvalue weighted by Crippen LogP contribution is -2.40. The van der Waals surface area contributed by atoms with Gasteiger partial charge in [-0.3, -0.25) is 0 Å². The van der Waals surface area contributed by atoms with E-state index in [1.54, 1.807) is 4.90 Å². The van der Waals surface area contributed by atoms with Gasteiger partial charge in [-0.05, 0) is 60.0 Å². The Labute approximate surface area is 128 Å². The Bertz CT molecular complexity index is 361. The second-order valence-electron chi connectivity index (χ2n) is 7.50. The minimum atomic E-state index is -0.438. The van der Waals surface area contributed by atoms with Crippen molar-refractivity contribution in [1.29, 1.82) is 0 Å². The van der Waals surface area contributed by atoms with Crippen molar-refractivity contribution < 1.29 is 14.3 Å². The molecule has 21 heavy (non-hydrogen) atoms. The third kappa shape index (κ3) is 5.15. The molecule has 0 bridgehead atoms. The van der Waals surface area contributed by atoms with Gasteiger partial charge in [0.15, 0.2) is 0 Å². The summed E-state index contributed by atoms with van der Waals surface area (Å²) in [6.45, 7) is 13.3. The molecule has 2 fully saturated rings. The standard InChI is InChI=1S/C16H30N2O3/c1-15(2,3)21-14(19)18-10-7-16(4,13-18)20-12-11-17-8-5-6-9-17/h5-13H2,1-4H3. The Morgan fingerprint density at radius 1 is 1.19 bits per heavy atom. The Kier molecular flexibility index (Phi) is 5.15. The van der Waals surface area contributed by atoms with Gasteiger partial charge in [0.25, 0.3) is 0 Å². The summed E-state index contributed by atoms with van der Waals surface area (Å²) in [6, 6.07) is 0. The Balaban J connectivity index is 1.73. The van der Waals surface area contributed by atoms with Crippen LogP contribution in [-0.2, 0) is 9.47 Å². The van der Waals surface area contributed by atoms with Crippen molar-refractivity contribution >= 4 is 6.09 Å². The van der Waals surface area contributed by atoms with Crippen molar-refractivity contribution in [3.63, 3.8) is 0 Å².